The second-order valence-electron chi connectivity index (χ2n) is 7.74. The number of hydrogen-bond acceptors (Lipinski definition) is 5. The molecule has 26 heavy (non-hydrogen) atoms. The lowest BCUT2D eigenvalue weighted by Crippen LogP contribution is -2.39. The first kappa shape index (κ1) is 17.3. The monoisotopic (exact) mass is 352 g/mol. The molecule has 2 heterocycles. The Morgan fingerprint density at radius 3 is 2.69 bits per heavy atom. The maximum atomic E-state index is 5.65. The summed E-state index contributed by atoms with van der Waals surface area (Å²) in [4.78, 5) is 2.36. The van der Waals surface area contributed by atoms with Crippen LogP contribution in [0.1, 0.15) is 42.7 Å². The van der Waals surface area contributed by atoms with Gasteiger partial charge in [-0.3, -0.25) is 0 Å². The molecule has 0 radical (unpaired) electrons. The SMILES string of the molecule is COc1cc(C2CC2)ccc1-c1nnc(N[C@@H]2CCCN(C)C2)cc1C. The van der Waals surface area contributed by atoms with Crippen LogP contribution in [0, 0.1) is 6.92 Å². The molecule has 2 aromatic rings. The highest BCUT2D eigenvalue weighted by Crippen LogP contribution is 2.43. The van der Waals surface area contributed by atoms with Crippen LogP contribution in [0.5, 0.6) is 5.75 Å². The predicted molar refractivity (Wildman–Crippen MR) is 105 cm³/mol. The van der Waals surface area contributed by atoms with Crippen LogP contribution in [-0.2, 0) is 0 Å². The molecule has 0 amide bonds. The highest BCUT2D eigenvalue weighted by molar-refractivity contribution is 5.71. The largest absolute Gasteiger partial charge is 0.496 e. The summed E-state index contributed by atoms with van der Waals surface area (Å²) in [5, 5.41) is 12.5. The molecule has 0 spiro atoms. The zero-order valence-corrected chi connectivity index (χ0v) is 16.0. The quantitative estimate of drug-likeness (QED) is 0.886. The van der Waals surface area contributed by atoms with Crippen LogP contribution in [-0.4, -0.2) is 48.4 Å². The number of aromatic nitrogens is 2. The van der Waals surface area contributed by atoms with Crippen LogP contribution in [0.25, 0.3) is 11.3 Å². The van der Waals surface area contributed by atoms with E-state index in [1.54, 1.807) is 7.11 Å². The van der Waals surface area contributed by atoms with Crippen LogP contribution in [0.15, 0.2) is 24.3 Å². The first-order valence-electron chi connectivity index (χ1n) is 9.61. The molecule has 138 valence electrons. The summed E-state index contributed by atoms with van der Waals surface area (Å²) in [5.41, 5.74) is 4.40. The Balaban J connectivity index is 1.56. The molecule has 1 saturated carbocycles. The third-order valence-corrected chi connectivity index (χ3v) is 5.49. The van der Waals surface area contributed by atoms with Crippen LogP contribution in [0.3, 0.4) is 0 Å². The number of nitrogens with zero attached hydrogens (tertiary/aromatic N) is 3. The number of nitrogens with one attached hydrogen (secondary N) is 1. The van der Waals surface area contributed by atoms with Gasteiger partial charge in [-0.1, -0.05) is 6.07 Å². The number of piperidine rings is 1. The van der Waals surface area contributed by atoms with Crippen LogP contribution >= 0.6 is 0 Å². The van der Waals surface area contributed by atoms with E-state index in [1.807, 2.05) is 0 Å². The molecule has 1 N–H and O–H groups in total. The van der Waals surface area contributed by atoms with Crippen LogP contribution < -0.4 is 10.1 Å². The number of benzene rings is 1. The van der Waals surface area contributed by atoms with Crippen molar-refractivity contribution in [1.82, 2.24) is 15.1 Å². The minimum atomic E-state index is 0.445. The lowest BCUT2D eigenvalue weighted by Gasteiger charge is -2.30. The molecule has 1 aliphatic carbocycles. The summed E-state index contributed by atoms with van der Waals surface area (Å²) in [6.07, 6.45) is 4.99. The van der Waals surface area contributed by atoms with Gasteiger partial charge in [0.2, 0.25) is 0 Å². The fraction of sp³-hybridized carbons (Fsp3) is 0.524. The van der Waals surface area contributed by atoms with Crippen molar-refractivity contribution >= 4 is 5.82 Å². The Morgan fingerprint density at radius 2 is 2.00 bits per heavy atom. The maximum absolute atomic E-state index is 5.65. The van der Waals surface area contributed by atoms with Crippen molar-refractivity contribution in [2.24, 2.45) is 0 Å². The van der Waals surface area contributed by atoms with Gasteiger partial charge in [0.1, 0.15) is 11.6 Å². The fourth-order valence-electron chi connectivity index (χ4n) is 3.89. The van der Waals surface area contributed by atoms with Gasteiger partial charge in [0.25, 0.3) is 0 Å². The Morgan fingerprint density at radius 1 is 1.15 bits per heavy atom. The lowest BCUT2D eigenvalue weighted by molar-refractivity contribution is 0.260. The zero-order chi connectivity index (χ0) is 18.1. The third-order valence-electron chi connectivity index (χ3n) is 5.49. The average molecular weight is 352 g/mol. The van der Waals surface area contributed by atoms with Crippen molar-refractivity contribution in [2.45, 2.75) is 44.6 Å². The number of hydrogen-bond donors (Lipinski definition) is 1. The Labute approximate surface area is 155 Å². The molecular formula is C21H28N4O. The molecule has 0 unspecified atom stereocenters. The van der Waals surface area contributed by atoms with Gasteiger partial charge >= 0.3 is 0 Å². The Kier molecular flexibility index (Phi) is 4.81. The first-order chi connectivity index (χ1) is 12.6. The van der Waals surface area contributed by atoms with Crippen molar-refractivity contribution in [1.29, 1.82) is 0 Å². The topological polar surface area (TPSA) is 50.3 Å². The minimum absolute atomic E-state index is 0.445. The normalized spacial score (nSPS) is 20.8. The van der Waals surface area contributed by atoms with E-state index in [1.165, 1.54) is 37.8 Å². The summed E-state index contributed by atoms with van der Waals surface area (Å²) < 4.78 is 5.65. The lowest BCUT2D eigenvalue weighted by atomic mass is 10.0. The van der Waals surface area contributed by atoms with Crippen molar-refractivity contribution in [2.75, 3.05) is 32.6 Å². The van der Waals surface area contributed by atoms with E-state index in [0.29, 0.717) is 12.0 Å². The van der Waals surface area contributed by atoms with Crippen molar-refractivity contribution < 1.29 is 4.74 Å². The molecule has 5 heteroatoms. The number of aryl methyl sites for hydroxylation is 1. The molecule has 5 nitrogen and oxygen atoms in total. The molecule has 1 atom stereocenters. The second kappa shape index (κ2) is 7.23. The predicted octanol–water partition coefficient (Wildman–Crippen LogP) is 3.84. The van der Waals surface area contributed by atoms with Gasteiger partial charge in [0, 0.05) is 18.2 Å². The van der Waals surface area contributed by atoms with Crippen molar-refractivity contribution in [3.63, 3.8) is 0 Å². The van der Waals surface area contributed by atoms with Crippen LogP contribution in [0.2, 0.25) is 0 Å². The summed E-state index contributed by atoms with van der Waals surface area (Å²) in [5.74, 6) is 2.46. The molecule has 2 fully saturated rings. The Bertz CT molecular complexity index is 788. The van der Waals surface area contributed by atoms with E-state index in [2.05, 4.69) is 58.7 Å². The van der Waals surface area contributed by atoms with E-state index in [0.717, 1.165) is 34.9 Å². The number of anilines is 1. The van der Waals surface area contributed by atoms with Crippen molar-refractivity contribution in [3.8, 4) is 17.0 Å². The maximum Gasteiger partial charge on any atom is 0.149 e. The van der Waals surface area contributed by atoms with E-state index in [-0.39, 0.29) is 0 Å². The fourth-order valence-corrected chi connectivity index (χ4v) is 3.89. The molecular weight excluding hydrogens is 324 g/mol. The van der Waals surface area contributed by atoms with E-state index < -0.39 is 0 Å². The van der Waals surface area contributed by atoms with Crippen LogP contribution in [0.4, 0.5) is 5.82 Å². The van der Waals surface area contributed by atoms with Gasteiger partial charge in [-0.2, -0.15) is 0 Å². The van der Waals surface area contributed by atoms with E-state index >= 15 is 0 Å². The third kappa shape index (κ3) is 3.68. The molecule has 2 aliphatic rings. The number of rotatable bonds is 5. The van der Waals surface area contributed by atoms with Gasteiger partial charge in [-0.25, -0.2) is 0 Å². The average Bonchev–Trinajstić information content (AvgIpc) is 3.47. The van der Waals surface area contributed by atoms with Gasteiger partial charge in [0.15, 0.2) is 0 Å². The standard InChI is InChI=1S/C21H28N4O/c1-14-11-20(22-17-5-4-10-25(2)13-17)23-24-21(14)18-9-8-16(15-6-7-15)12-19(18)26-3/h8-9,11-12,15,17H,4-7,10,13H2,1-3H3,(H,22,23)/t17-/m1/s1. The molecule has 4 rings (SSSR count). The van der Waals surface area contributed by atoms with E-state index in [4.69, 9.17) is 4.74 Å². The van der Waals surface area contributed by atoms with Gasteiger partial charge in [-0.15, -0.1) is 10.2 Å². The molecule has 1 saturated heterocycles. The number of likely N-dealkylation sites (N-methyl/N-ethyl adjacent to an activating group) is 1. The zero-order valence-electron chi connectivity index (χ0n) is 16.0. The number of ether oxygens (including phenoxy) is 1. The van der Waals surface area contributed by atoms with Gasteiger partial charge in [-0.05, 0) is 81.4 Å². The van der Waals surface area contributed by atoms with Crippen molar-refractivity contribution in [3.05, 3.63) is 35.4 Å². The molecule has 1 aliphatic heterocycles. The summed E-state index contributed by atoms with van der Waals surface area (Å²) in [6.45, 7) is 4.33. The molecule has 1 aromatic carbocycles. The van der Waals surface area contributed by atoms with Gasteiger partial charge < -0.3 is 15.0 Å². The summed E-state index contributed by atoms with van der Waals surface area (Å²) in [7, 11) is 3.90. The smallest absolute Gasteiger partial charge is 0.149 e. The van der Waals surface area contributed by atoms with Gasteiger partial charge in [0.05, 0.1) is 12.8 Å². The second-order valence-corrected chi connectivity index (χ2v) is 7.74. The minimum Gasteiger partial charge on any atom is -0.496 e. The summed E-state index contributed by atoms with van der Waals surface area (Å²) in [6, 6.07) is 9.05. The molecule has 0 bridgehead atoms. The number of likely N-dealkylation sites (tertiary alicyclic amines) is 1. The first-order valence-corrected chi connectivity index (χ1v) is 9.61. The number of methoxy groups -OCH3 is 1. The Hall–Kier alpha value is -2.14. The van der Waals surface area contributed by atoms with E-state index in [9.17, 15) is 0 Å². The highest BCUT2D eigenvalue weighted by atomic mass is 16.5. The molecule has 1 aromatic heterocycles. The summed E-state index contributed by atoms with van der Waals surface area (Å²) >= 11 is 0. The highest BCUT2D eigenvalue weighted by Gasteiger charge is 2.25.